The van der Waals surface area contributed by atoms with Gasteiger partial charge in [0.2, 0.25) is 0 Å². The second kappa shape index (κ2) is 12.1. The molecule has 0 saturated heterocycles. The Kier molecular flexibility index (Phi) is 6.96. The second-order valence-corrected chi connectivity index (χ2v) is 13.7. The van der Waals surface area contributed by atoms with Crippen LogP contribution in [0.15, 0.2) is 170 Å². The zero-order valence-electron chi connectivity index (χ0n) is 27.4. The van der Waals surface area contributed by atoms with Crippen LogP contribution in [0.2, 0.25) is 0 Å². The van der Waals surface area contributed by atoms with E-state index in [0.717, 1.165) is 54.7 Å². The Balaban J connectivity index is 1.08. The number of thiazole rings is 1. The summed E-state index contributed by atoms with van der Waals surface area (Å²) in [6.07, 6.45) is 0. The third-order valence-electron chi connectivity index (χ3n) is 9.50. The number of hydrogen-bond acceptors (Lipinski definition) is 5. The van der Waals surface area contributed by atoms with Crippen molar-refractivity contribution in [2.75, 3.05) is 0 Å². The SMILES string of the molecule is c1ccc(-c2nc3ccc4cc(-c5cccc(-c6nc(-c7ccc8ccccc8c7)nc(-c7ccc8ccccc8c7)n6)c5)ccc4c3s2)cc1. The van der Waals surface area contributed by atoms with Crippen LogP contribution >= 0.6 is 11.3 Å². The van der Waals surface area contributed by atoms with Gasteiger partial charge in [0.05, 0.1) is 10.2 Å². The van der Waals surface area contributed by atoms with Crippen LogP contribution in [-0.2, 0) is 0 Å². The molecule has 0 fully saturated rings. The van der Waals surface area contributed by atoms with Crippen molar-refractivity contribution in [1.29, 1.82) is 0 Å². The molecule has 0 N–H and O–H groups in total. The van der Waals surface area contributed by atoms with Gasteiger partial charge in [-0.2, -0.15) is 0 Å². The molecule has 51 heavy (non-hydrogen) atoms. The lowest BCUT2D eigenvalue weighted by atomic mass is 9.99. The van der Waals surface area contributed by atoms with Gasteiger partial charge in [0.15, 0.2) is 17.5 Å². The highest BCUT2D eigenvalue weighted by atomic mass is 32.1. The van der Waals surface area contributed by atoms with Gasteiger partial charge in [-0.25, -0.2) is 19.9 Å². The van der Waals surface area contributed by atoms with Crippen LogP contribution in [0.4, 0.5) is 0 Å². The average Bonchev–Trinajstić information content (AvgIpc) is 3.66. The van der Waals surface area contributed by atoms with Gasteiger partial charge < -0.3 is 0 Å². The first kappa shape index (κ1) is 29.4. The third-order valence-corrected chi connectivity index (χ3v) is 10.6. The molecule has 238 valence electrons. The summed E-state index contributed by atoms with van der Waals surface area (Å²) >= 11 is 1.75. The zero-order valence-corrected chi connectivity index (χ0v) is 28.2. The van der Waals surface area contributed by atoms with E-state index in [-0.39, 0.29) is 0 Å². The quantitative estimate of drug-likeness (QED) is 0.183. The summed E-state index contributed by atoms with van der Waals surface area (Å²) in [5.41, 5.74) is 7.25. The lowest BCUT2D eigenvalue weighted by Crippen LogP contribution is -2.00. The van der Waals surface area contributed by atoms with E-state index in [2.05, 4.69) is 164 Å². The maximum Gasteiger partial charge on any atom is 0.164 e. The number of fused-ring (bicyclic) bond motifs is 5. The monoisotopic (exact) mass is 668 g/mol. The predicted octanol–water partition coefficient (Wildman–Crippen LogP) is 12.3. The summed E-state index contributed by atoms with van der Waals surface area (Å²) in [5.74, 6) is 1.93. The molecule has 2 aromatic heterocycles. The number of hydrogen-bond donors (Lipinski definition) is 0. The highest BCUT2D eigenvalue weighted by Crippen LogP contribution is 2.37. The van der Waals surface area contributed by atoms with Gasteiger partial charge in [0, 0.05) is 27.6 Å². The lowest BCUT2D eigenvalue weighted by molar-refractivity contribution is 1.08. The standard InChI is InChI=1S/C46H28N4S/c1-2-11-31(12-3-1)46-47-41-24-22-36-25-35(21-23-40(36)42(41)51-46)34-15-8-16-37(28-34)43-48-44(38-19-17-29-9-4-6-13-32(29)26-38)50-45(49-43)39-20-18-30-10-5-7-14-33(30)27-39/h1-28H. The van der Waals surface area contributed by atoms with Crippen LogP contribution in [0.1, 0.15) is 0 Å². The van der Waals surface area contributed by atoms with Gasteiger partial charge in [-0.1, -0.05) is 140 Å². The zero-order chi connectivity index (χ0) is 33.7. The normalized spacial score (nSPS) is 11.5. The summed E-state index contributed by atoms with van der Waals surface area (Å²) < 4.78 is 1.21. The smallest absolute Gasteiger partial charge is 0.164 e. The Labute approximate surface area is 298 Å². The summed E-state index contributed by atoms with van der Waals surface area (Å²) in [4.78, 5) is 20.2. The van der Waals surface area contributed by atoms with Crippen molar-refractivity contribution in [1.82, 2.24) is 19.9 Å². The second-order valence-electron chi connectivity index (χ2n) is 12.7. The van der Waals surface area contributed by atoms with Crippen molar-refractivity contribution in [3.05, 3.63) is 170 Å². The van der Waals surface area contributed by atoms with E-state index < -0.39 is 0 Å². The van der Waals surface area contributed by atoms with Crippen molar-refractivity contribution in [2.24, 2.45) is 0 Å². The molecule has 0 aliphatic carbocycles. The highest BCUT2D eigenvalue weighted by molar-refractivity contribution is 7.22. The van der Waals surface area contributed by atoms with E-state index in [4.69, 9.17) is 19.9 Å². The fourth-order valence-electron chi connectivity index (χ4n) is 6.86. The van der Waals surface area contributed by atoms with E-state index in [1.54, 1.807) is 11.3 Å². The van der Waals surface area contributed by atoms with Gasteiger partial charge in [-0.15, -0.1) is 11.3 Å². The first-order valence-electron chi connectivity index (χ1n) is 17.0. The van der Waals surface area contributed by atoms with Crippen LogP contribution in [-0.4, -0.2) is 19.9 Å². The summed E-state index contributed by atoms with van der Waals surface area (Å²) in [6.45, 7) is 0. The molecule has 8 aromatic carbocycles. The van der Waals surface area contributed by atoms with Crippen molar-refractivity contribution in [3.63, 3.8) is 0 Å². The van der Waals surface area contributed by atoms with Crippen molar-refractivity contribution in [2.45, 2.75) is 0 Å². The van der Waals surface area contributed by atoms with Gasteiger partial charge >= 0.3 is 0 Å². The molecule has 10 aromatic rings. The fraction of sp³-hybridized carbons (Fsp3) is 0. The molecule has 0 unspecified atom stereocenters. The minimum atomic E-state index is 0.638. The molecule has 10 rings (SSSR count). The van der Waals surface area contributed by atoms with Crippen LogP contribution < -0.4 is 0 Å². The number of benzene rings is 8. The molecule has 0 atom stereocenters. The van der Waals surface area contributed by atoms with Gasteiger partial charge in [-0.3, -0.25) is 0 Å². The van der Waals surface area contributed by atoms with Crippen LogP contribution in [0.3, 0.4) is 0 Å². The number of nitrogens with zero attached hydrogens (tertiary/aromatic N) is 4. The summed E-state index contributed by atoms with van der Waals surface area (Å²) in [6, 6.07) is 59.4. The Morgan fingerprint density at radius 2 is 0.804 bits per heavy atom. The Morgan fingerprint density at radius 1 is 0.314 bits per heavy atom. The molecular weight excluding hydrogens is 641 g/mol. The van der Waals surface area contributed by atoms with Gasteiger partial charge in [0.1, 0.15) is 5.01 Å². The van der Waals surface area contributed by atoms with E-state index >= 15 is 0 Å². The van der Waals surface area contributed by atoms with E-state index in [0.29, 0.717) is 17.5 Å². The predicted molar refractivity (Wildman–Crippen MR) is 213 cm³/mol. The fourth-order valence-corrected chi connectivity index (χ4v) is 7.96. The van der Waals surface area contributed by atoms with Crippen LogP contribution in [0, 0.1) is 0 Å². The molecule has 0 saturated carbocycles. The molecule has 0 bridgehead atoms. The van der Waals surface area contributed by atoms with Crippen molar-refractivity contribution < 1.29 is 0 Å². The van der Waals surface area contributed by atoms with E-state index in [1.807, 2.05) is 6.07 Å². The first-order valence-corrected chi connectivity index (χ1v) is 17.8. The molecule has 0 aliphatic heterocycles. The van der Waals surface area contributed by atoms with Gasteiger partial charge in [-0.05, 0) is 68.4 Å². The molecular formula is C46H28N4S. The van der Waals surface area contributed by atoms with Gasteiger partial charge in [0.25, 0.3) is 0 Å². The summed E-state index contributed by atoms with van der Waals surface area (Å²) in [7, 11) is 0. The highest BCUT2D eigenvalue weighted by Gasteiger charge is 2.15. The molecule has 4 nitrogen and oxygen atoms in total. The molecule has 0 amide bonds. The molecule has 0 radical (unpaired) electrons. The molecule has 5 heteroatoms. The minimum absolute atomic E-state index is 0.638. The summed E-state index contributed by atoms with van der Waals surface area (Å²) in [5, 5.41) is 8.10. The molecule has 0 aliphatic rings. The Hall–Kier alpha value is -6.56. The number of aromatic nitrogens is 4. The number of rotatable bonds is 5. The maximum atomic E-state index is 5.09. The lowest BCUT2D eigenvalue weighted by Gasteiger charge is -2.11. The van der Waals surface area contributed by atoms with Crippen LogP contribution in [0.5, 0.6) is 0 Å². The first-order chi connectivity index (χ1) is 25.2. The maximum absolute atomic E-state index is 5.09. The van der Waals surface area contributed by atoms with E-state index in [9.17, 15) is 0 Å². The van der Waals surface area contributed by atoms with Crippen LogP contribution in [0.25, 0.3) is 98.4 Å². The average molecular weight is 669 g/mol. The van der Waals surface area contributed by atoms with E-state index in [1.165, 1.54) is 26.2 Å². The minimum Gasteiger partial charge on any atom is -0.236 e. The molecule has 0 spiro atoms. The van der Waals surface area contributed by atoms with Crippen molar-refractivity contribution >= 4 is 53.9 Å². The third kappa shape index (κ3) is 5.41. The Bertz CT molecular complexity index is 2830. The topological polar surface area (TPSA) is 51.6 Å². The Morgan fingerprint density at radius 3 is 1.47 bits per heavy atom. The largest absolute Gasteiger partial charge is 0.236 e. The molecule has 2 heterocycles. The van der Waals surface area contributed by atoms with Crippen molar-refractivity contribution in [3.8, 4) is 55.9 Å².